The Morgan fingerprint density at radius 3 is 2.67 bits per heavy atom. The van der Waals surface area contributed by atoms with E-state index in [9.17, 15) is 0 Å². The molecule has 0 aliphatic carbocycles. The van der Waals surface area contributed by atoms with Crippen molar-refractivity contribution >= 4 is 0 Å². The number of ether oxygens (including phenoxy) is 3. The molecule has 3 rings (SSSR count). The Labute approximate surface area is 143 Å². The van der Waals surface area contributed by atoms with Crippen LogP contribution >= 0.6 is 0 Å². The Balaban J connectivity index is 2.09. The fourth-order valence-corrected chi connectivity index (χ4v) is 3.42. The maximum Gasteiger partial charge on any atom is 0.164 e. The van der Waals surface area contributed by atoms with E-state index >= 15 is 0 Å². The van der Waals surface area contributed by atoms with E-state index in [1.54, 1.807) is 14.2 Å². The van der Waals surface area contributed by atoms with Crippen LogP contribution in [0.2, 0.25) is 0 Å². The molecular weight excluding hydrogens is 302 g/mol. The molecule has 1 heterocycles. The second-order valence-electron chi connectivity index (χ2n) is 6.02. The summed E-state index contributed by atoms with van der Waals surface area (Å²) in [5.41, 5.74) is 4.89. The molecule has 1 aliphatic heterocycles. The number of nitrogens with one attached hydrogen (secondary N) is 1. The van der Waals surface area contributed by atoms with Crippen LogP contribution < -0.4 is 19.5 Å². The second-order valence-corrected chi connectivity index (χ2v) is 6.02. The molecule has 0 saturated heterocycles. The molecule has 2 aromatic rings. The molecule has 0 bridgehead atoms. The smallest absolute Gasteiger partial charge is 0.164 e. The number of hydrogen-bond acceptors (Lipinski definition) is 4. The summed E-state index contributed by atoms with van der Waals surface area (Å²) < 4.78 is 16.8. The number of hydrogen-bond donors (Lipinski definition) is 1. The number of fused-ring (bicyclic) bond motifs is 1. The molecule has 1 N–H and O–H groups in total. The van der Waals surface area contributed by atoms with Gasteiger partial charge in [0.05, 0.1) is 26.9 Å². The van der Waals surface area contributed by atoms with E-state index in [0.29, 0.717) is 6.61 Å². The SMILES string of the molecule is CCOc1c(OC)ccc2c1CCNC2c1cc(C)cc(OC)c1. The molecule has 24 heavy (non-hydrogen) atoms. The molecule has 0 spiro atoms. The summed E-state index contributed by atoms with van der Waals surface area (Å²) in [6.07, 6.45) is 0.932. The van der Waals surface area contributed by atoms with Crippen LogP contribution in [0.1, 0.15) is 35.2 Å². The van der Waals surface area contributed by atoms with Gasteiger partial charge in [-0.25, -0.2) is 0 Å². The average Bonchev–Trinajstić information content (AvgIpc) is 2.61. The predicted octanol–water partition coefficient (Wildman–Crippen LogP) is 3.65. The normalized spacial score (nSPS) is 16.4. The van der Waals surface area contributed by atoms with Gasteiger partial charge < -0.3 is 19.5 Å². The van der Waals surface area contributed by atoms with E-state index in [2.05, 4.69) is 30.4 Å². The fraction of sp³-hybridized carbons (Fsp3) is 0.400. The zero-order valence-corrected chi connectivity index (χ0v) is 14.8. The maximum absolute atomic E-state index is 5.90. The van der Waals surface area contributed by atoms with Crippen LogP contribution in [0.5, 0.6) is 17.2 Å². The predicted molar refractivity (Wildman–Crippen MR) is 95.4 cm³/mol. The third-order valence-corrected chi connectivity index (χ3v) is 4.45. The van der Waals surface area contributed by atoms with Crippen molar-refractivity contribution in [3.63, 3.8) is 0 Å². The van der Waals surface area contributed by atoms with E-state index in [-0.39, 0.29) is 6.04 Å². The van der Waals surface area contributed by atoms with Crippen molar-refractivity contribution in [1.82, 2.24) is 5.32 Å². The molecule has 0 fully saturated rings. The van der Waals surface area contributed by atoms with E-state index in [1.165, 1.54) is 22.3 Å². The molecule has 1 atom stereocenters. The lowest BCUT2D eigenvalue weighted by atomic mass is 9.88. The van der Waals surface area contributed by atoms with Crippen LogP contribution in [-0.2, 0) is 6.42 Å². The van der Waals surface area contributed by atoms with Crippen LogP contribution in [0.3, 0.4) is 0 Å². The molecule has 0 saturated carbocycles. The summed E-state index contributed by atoms with van der Waals surface area (Å²) in [4.78, 5) is 0. The highest BCUT2D eigenvalue weighted by Gasteiger charge is 2.26. The minimum atomic E-state index is 0.132. The highest BCUT2D eigenvalue weighted by atomic mass is 16.5. The molecule has 4 nitrogen and oxygen atoms in total. The monoisotopic (exact) mass is 327 g/mol. The Hall–Kier alpha value is -2.20. The molecule has 0 radical (unpaired) electrons. The van der Waals surface area contributed by atoms with Crippen molar-refractivity contribution in [3.05, 3.63) is 52.6 Å². The Morgan fingerprint density at radius 1 is 1.12 bits per heavy atom. The third kappa shape index (κ3) is 3.06. The van der Waals surface area contributed by atoms with Crippen LogP contribution in [0, 0.1) is 6.92 Å². The van der Waals surface area contributed by atoms with Crippen molar-refractivity contribution in [2.24, 2.45) is 0 Å². The standard InChI is InChI=1S/C20H25NO3/c1-5-24-20-17-8-9-21-19(16(17)6-7-18(20)23-4)14-10-13(2)11-15(12-14)22-3/h6-7,10-12,19,21H,5,8-9H2,1-4H3. The van der Waals surface area contributed by atoms with Gasteiger partial charge in [-0.05, 0) is 55.2 Å². The van der Waals surface area contributed by atoms with E-state index in [4.69, 9.17) is 14.2 Å². The maximum atomic E-state index is 5.90. The summed E-state index contributed by atoms with van der Waals surface area (Å²) in [5, 5.41) is 3.62. The van der Waals surface area contributed by atoms with Crippen molar-refractivity contribution in [2.75, 3.05) is 27.4 Å². The lowest BCUT2D eigenvalue weighted by Gasteiger charge is -2.30. The summed E-state index contributed by atoms with van der Waals surface area (Å²) >= 11 is 0. The topological polar surface area (TPSA) is 39.7 Å². The minimum absolute atomic E-state index is 0.132. The first-order chi connectivity index (χ1) is 11.7. The van der Waals surface area contributed by atoms with Crippen molar-refractivity contribution < 1.29 is 14.2 Å². The zero-order chi connectivity index (χ0) is 17.1. The molecule has 0 aromatic heterocycles. The van der Waals surface area contributed by atoms with E-state index < -0.39 is 0 Å². The molecule has 0 amide bonds. The average molecular weight is 327 g/mol. The van der Waals surface area contributed by atoms with Gasteiger partial charge in [0.1, 0.15) is 5.75 Å². The number of methoxy groups -OCH3 is 2. The number of rotatable bonds is 5. The number of aryl methyl sites for hydroxylation is 1. The first-order valence-electron chi connectivity index (χ1n) is 8.39. The zero-order valence-electron chi connectivity index (χ0n) is 14.8. The largest absolute Gasteiger partial charge is 0.497 e. The summed E-state index contributed by atoms with van der Waals surface area (Å²) in [7, 11) is 3.40. The molecular formula is C20H25NO3. The molecule has 1 aliphatic rings. The van der Waals surface area contributed by atoms with E-state index in [0.717, 1.165) is 30.2 Å². The van der Waals surface area contributed by atoms with Crippen LogP contribution in [0.4, 0.5) is 0 Å². The highest BCUT2D eigenvalue weighted by Crippen LogP contribution is 2.40. The van der Waals surface area contributed by atoms with Gasteiger partial charge in [0.2, 0.25) is 0 Å². The van der Waals surface area contributed by atoms with Gasteiger partial charge in [0.25, 0.3) is 0 Å². The fourth-order valence-electron chi connectivity index (χ4n) is 3.42. The number of benzene rings is 2. The molecule has 1 unspecified atom stereocenters. The second kappa shape index (κ2) is 7.14. The van der Waals surface area contributed by atoms with E-state index in [1.807, 2.05) is 19.1 Å². The van der Waals surface area contributed by atoms with Gasteiger partial charge in [-0.1, -0.05) is 12.1 Å². The van der Waals surface area contributed by atoms with Crippen LogP contribution in [0.15, 0.2) is 30.3 Å². The quantitative estimate of drug-likeness (QED) is 0.910. The van der Waals surface area contributed by atoms with Gasteiger partial charge in [0.15, 0.2) is 11.5 Å². The third-order valence-electron chi connectivity index (χ3n) is 4.45. The van der Waals surface area contributed by atoms with Gasteiger partial charge in [0, 0.05) is 12.1 Å². The van der Waals surface area contributed by atoms with Gasteiger partial charge in [-0.3, -0.25) is 0 Å². The lowest BCUT2D eigenvalue weighted by Crippen LogP contribution is -2.31. The molecule has 2 aromatic carbocycles. The summed E-state index contributed by atoms with van der Waals surface area (Å²) in [6, 6.07) is 10.6. The van der Waals surface area contributed by atoms with Crippen molar-refractivity contribution in [1.29, 1.82) is 0 Å². The minimum Gasteiger partial charge on any atom is -0.497 e. The van der Waals surface area contributed by atoms with Gasteiger partial charge >= 0.3 is 0 Å². The van der Waals surface area contributed by atoms with Gasteiger partial charge in [-0.15, -0.1) is 0 Å². The Kier molecular flexibility index (Phi) is 4.95. The Morgan fingerprint density at radius 2 is 1.96 bits per heavy atom. The first-order valence-corrected chi connectivity index (χ1v) is 8.39. The van der Waals surface area contributed by atoms with Crippen molar-refractivity contribution in [2.45, 2.75) is 26.3 Å². The van der Waals surface area contributed by atoms with Crippen LogP contribution in [0.25, 0.3) is 0 Å². The highest BCUT2D eigenvalue weighted by molar-refractivity contribution is 5.55. The molecule has 4 heteroatoms. The molecule has 128 valence electrons. The lowest BCUT2D eigenvalue weighted by molar-refractivity contribution is 0.305. The first kappa shape index (κ1) is 16.7. The van der Waals surface area contributed by atoms with Crippen LogP contribution in [-0.4, -0.2) is 27.4 Å². The van der Waals surface area contributed by atoms with Crippen molar-refractivity contribution in [3.8, 4) is 17.2 Å². The van der Waals surface area contributed by atoms with Gasteiger partial charge in [-0.2, -0.15) is 0 Å². The Bertz CT molecular complexity index is 727. The summed E-state index contributed by atoms with van der Waals surface area (Å²) in [5.74, 6) is 2.57. The summed E-state index contributed by atoms with van der Waals surface area (Å²) in [6.45, 7) is 5.63.